The van der Waals surface area contributed by atoms with Crippen LogP contribution in [0.15, 0.2) is 22.7 Å². The lowest BCUT2D eigenvalue weighted by atomic mass is 9.89. The molecular formula is C13H16BrNO3. The minimum atomic E-state index is -1.07. The number of anilines is 1. The van der Waals surface area contributed by atoms with Gasteiger partial charge in [-0.2, -0.15) is 0 Å². The Labute approximate surface area is 115 Å². The zero-order chi connectivity index (χ0) is 13.9. The third kappa shape index (κ3) is 3.32. The van der Waals surface area contributed by atoms with Crippen LogP contribution in [-0.2, 0) is 4.79 Å². The van der Waals surface area contributed by atoms with Gasteiger partial charge in [0, 0.05) is 9.89 Å². The number of hydrogen-bond donors (Lipinski definition) is 2. The largest absolute Gasteiger partial charge is 0.478 e. The summed E-state index contributed by atoms with van der Waals surface area (Å²) in [5.74, 6) is -1.25. The number of amides is 1. The van der Waals surface area contributed by atoms with E-state index in [1.54, 1.807) is 12.1 Å². The van der Waals surface area contributed by atoms with Crippen LogP contribution in [0.5, 0.6) is 0 Å². The van der Waals surface area contributed by atoms with Crippen LogP contribution in [0.25, 0.3) is 0 Å². The minimum absolute atomic E-state index is 0.0737. The van der Waals surface area contributed by atoms with E-state index < -0.39 is 11.4 Å². The molecule has 4 nitrogen and oxygen atoms in total. The van der Waals surface area contributed by atoms with Crippen molar-refractivity contribution >= 4 is 33.5 Å². The molecule has 0 spiro atoms. The number of benzene rings is 1. The summed E-state index contributed by atoms with van der Waals surface area (Å²) in [5, 5.41) is 11.8. The number of carboxylic acids is 1. The number of rotatable bonds is 4. The molecule has 0 bridgehead atoms. The van der Waals surface area contributed by atoms with E-state index in [1.165, 1.54) is 6.07 Å². The summed E-state index contributed by atoms with van der Waals surface area (Å²) in [5.41, 5.74) is -0.134. The molecule has 0 saturated heterocycles. The van der Waals surface area contributed by atoms with E-state index in [1.807, 2.05) is 20.8 Å². The molecule has 1 rings (SSSR count). The van der Waals surface area contributed by atoms with E-state index in [2.05, 4.69) is 21.2 Å². The van der Waals surface area contributed by atoms with Crippen LogP contribution in [0.1, 0.15) is 37.6 Å². The summed E-state index contributed by atoms with van der Waals surface area (Å²) in [7, 11) is 0. The Kier molecular flexibility index (Phi) is 4.51. The molecule has 1 amide bonds. The fraction of sp³-hybridized carbons (Fsp3) is 0.385. The number of carbonyl (C=O) groups excluding carboxylic acids is 1. The summed E-state index contributed by atoms with van der Waals surface area (Å²) >= 11 is 3.21. The van der Waals surface area contributed by atoms with Crippen LogP contribution >= 0.6 is 15.9 Å². The van der Waals surface area contributed by atoms with Gasteiger partial charge < -0.3 is 10.4 Å². The van der Waals surface area contributed by atoms with Crippen molar-refractivity contribution in [3.8, 4) is 0 Å². The Bertz CT molecular complexity index is 483. The van der Waals surface area contributed by atoms with Gasteiger partial charge in [0.05, 0.1) is 11.3 Å². The first-order chi connectivity index (χ1) is 8.27. The molecule has 0 fully saturated rings. The van der Waals surface area contributed by atoms with Crippen molar-refractivity contribution < 1.29 is 14.7 Å². The van der Waals surface area contributed by atoms with Gasteiger partial charge in [-0.3, -0.25) is 4.79 Å². The topological polar surface area (TPSA) is 66.4 Å². The highest BCUT2D eigenvalue weighted by Gasteiger charge is 2.26. The van der Waals surface area contributed by atoms with E-state index >= 15 is 0 Å². The maximum atomic E-state index is 12.0. The van der Waals surface area contributed by atoms with Gasteiger partial charge in [0.25, 0.3) is 0 Å². The number of carbonyl (C=O) groups is 2. The first-order valence-corrected chi connectivity index (χ1v) is 6.41. The van der Waals surface area contributed by atoms with Gasteiger partial charge >= 0.3 is 5.97 Å². The maximum absolute atomic E-state index is 12.0. The summed E-state index contributed by atoms with van der Waals surface area (Å²) in [6, 6.07) is 4.75. The summed E-state index contributed by atoms with van der Waals surface area (Å²) < 4.78 is 0.660. The Morgan fingerprint density at radius 3 is 2.50 bits per heavy atom. The lowest BCUT2D eigenvalue weighted by Crippen LogP contribution is -2.30. The van der Waals surface area contributed by atoms with Gasteiger partial charge in [-0.05, 0) is 24.6 Å². The van der Waals surface area contributed by atoms with E-state index in [-0.39, 0.29) is 11.5 Å². The quantitative estimate of drug-likeness (QED) is 0.893. The molecule has 2 N–H and O–H groups in total. The zero-order valence-electron chi connectivity index (χ0n) is 10.6. The van der Waals surface area contributed by atoms with E-state index in [0.717, 1.165) is 0 Å². The lowest BCUT2D eigenvalue weighted by Gasteiger charge is -2.22. The van der Waals surface area contributed by atoms with E-state index in [0.29, 0.717) is 16.6 Å². The van der Waals surface area contributed by atoms with Crippen molar-refractivity contribution in [3.05, 3.63) is 28.2 Å². The van der Waals surface area contributed by atoms with Crippen molar-refractivity contribution in [2.24, 2.45) is 5.41 Å². The fourth-order valence-electron chi connectivity index (χ4n) is 1.25. The first-order valence-electron chi connectivity index (χ1n) is 5.62. The SMILES string of the molecule is CCC(C)(C)C(=O)Nc1ccc(Br)cc1C(=O)O. The number of halogens is 1. The monoisotopic (exact) mass is 313 g/mol. The molecule has 0 radical (unpaired) electrons. The van der Waals surface area contributed by atoms with Gasteiger partial charge in [0.15, 0.2) is 0 Å². The van der Waals surface area contributed by atoms with Gasteiger partial charge in [0.1, 0.15) is 0 Å². The molecule has 0 aliphatic heterocycles. The summed E-state index contributed by atoms with van der Waals surface area (Å²) in [4.78, 5) is 23.1. The summed E-state index contributed by atoms with van der Waals surface area (Å²) in [6.07, 6.45) is 0.678. The molecule has 0 atom stereocenters. The average Bonchev–Trinajstić information content (AvgIpc) is 2.31. The van der Waals surface area contributed by atoms with Crippen LogP contribution < -0.4 is 5.32 Å². The van der Waals surface area contributed by atoms with Crippen molar-refractivity contribution in [1.29, 1.82) is 0 Å². The Hall–Kier alpha value is -1.36. The molecule has 0 aromatic heterocycles. The maximum Gasteiger partial charge on any atom is 0.337 e. The number of aromatic carboxylic acids is 1. The zero-order valence-corrected chi connectivity index (χ0v) is 12.2. The minimum Gasteiger partial charge on any atom is -0.478 e. The predicted molar refractivity (Wildman–Crippen MR) is 73.8 cm³/mol. The third-order valence-corrected chi connectivity index (χ3v) is 3.45. The smallest absolute Gasteiger partial charge is 0.337 e. The lowest BCUT2D eigenvalue weighted by molar-refractivity contribution is -0.124. The fourth-order valence-corrected chi connectivity index (χ4v) is 1.62. The van der Waals surface area contributed by atoms with Crippen LogP contribution in [0.2, 0.25) is 0 Å². The number of hydrogen-bond acceptors (Lipinski definition) is 2. The second kappa shape index (κ2) is 5.52. The van der Waals surface area contributed by atoms with Crippen molar-refractivity contribution in [2.45, 2.75) is 27.2 Å². The van der Waals surface area contributed by atoms with Crippen LogP contribution in [0, 0.1) is 5.41 Å². The van der Waals surface area contributed by atoms with E-state index in [4.69, 9.17) is 5.11 Å². The summed E-state index contributed by atoms with van der Waals surface area (Å²) in [6.45, 7) is 5.56. The second-order valence-corrected chi connectivity index (χ2v) is 5.60. The van der Waals surface area contributed by atoms with Gasteiger partial charge in [-0.1, -0.05) is 36.7 Å². The normalized spacial score (nSPS) is 11.1. The number of nitrogens with one attached hydrogen (secondary N) is 1. The predicted octanol–water partition coefficient (Wildman–Crippen LogP) is 3.52. The molecule has 0 saturated carbocycles. The first kappa shape index (κ1) is 14.7. The molecular weight excluding hydrogens is 298 g/mol. The van der Waals surface area contributed by atoms with Gasteiger partial charge in [-0.25, -0.2) is 4.79 Å². The van der Waals surface area contributed by atoms with E-state index in [9.17, 15) is 9.59 Å². The van der Waals surface area contributed by atoms with Crippen molar-refractivity contribution in [1.82, 2.24) is 0 Å². The average molecular weight is 314 g/mol. The number of carboxylic acid groups (broad SMARTS) is 1. The van der Waals surface area contributed by atoms with Crippen LogP contribution in [-0.4, -0.2) is 17.0 Å². The van der Waals surface area contributed by atoms with Crippen molar-refractivity contribution in [3.63, 3.8) is 0 Å². The molecule has 1 aromatic carbocycles. The van der Waals surface area contributed by atoms with Gasteiger partial charge in [-0.15, -0.1) is 0 Å². The molecule has 5 heteroatoms. The van der Waals surface area contributed by atoms with Crippen LogP contribution in [0.4, 0.5) is 5.69 Å². The Balaban J connectivity index is 3.05. The standard InChI is InChI=1S/C13H16BrNO3/c1-4-13(2,3)12(18)15-10-6-5-8(14)7-9(10)11(16)17/h5-7H,4H2,1-3H3,(H,15,18)(H,16,17). The highest BCUT2D eigenvalue weighted by atomic mass is 79.9. The molecule has 1 aromatic rings. The highest BCUT2D eigenvalue weighted by Crippen LogP contribution is 2.25. The Morgan fingerprint density at radius 2 is 2.00 bits per heavy atom. The Morgan fingerprint density at radius 1 is 1.39 bits per heavy atom. The highest BCUT2D eigenvalue weighted by molar-refractivity contribution is 9.10. The van der Waals surface area contributed by atoms with Crippen LogP contribution in [0.3, 0.4) is 0 Å². The molecule has 18 heavy (non-hydrogen) atoms. The molecule has 0 aliphatic rings. The van der Waals surface area contributed by atoms with Gasteiger partial charge in [0.2, 0.25) is 5.91 Å². The molecule has 0 unspecified atom stereocenters. The molecule has 98 valence electrons. The third-order valence-electron chi connectivity index (χ3n) is 2.96. The van der Waals surface area contributed by atoms with Crippen molar-refractivity contribution in [2.75, 3.05) is 5.32 Å². The second-order valence-electron chi connectivity index (χ2n) is 4.69. The molecule has 0 heterocycles. The molecule has 0 aliphatic carbocycles.